The molecule has 1 N–H and O–H groups in total. The van der Waals surface area contributed by atoms with E-state index in [0.29, 0.717) is 17.1 Å². The van der Waals surface area contributed by atoms with Crippen molar-refractivity contribution in [3.8, 4) is 16.3 Å². The third-order valence-corrected chi connectivity index (χ3v) is 6.48. The molecule has 0 bridgehead atoms. The van der Waals surface area contributed by atoms with Crippen LogP contribution in [0.5, 0.6) is 5.75 Å². The average Bonchev–Trinajstić information content (AvgIpc) is 3.16. The van der Waals surface area contributed by atoms with Crippen molar-refractivity contribution in [3.63, 3.8) is 0 Å². The number of carbonyl (C=O) groups is 1. The highest BCUT2D eigenvalue weighted by Crippen LogP contribution is 2.34. The maximum atomic E-state index is 12.7. The molecule has 2 aliphatic heterocycles. The largest absolute Gasteiger partial charge is 0.496 e. The van der Waals surface area contributed by atoms with Gasteiger partial charge >= 0.3 is 6.03 Å². The SMILES string of the molecule is COc1ccccc1-c1nnc(NC(=O)N2CCC3C(CCCN3C)C2)s1. The van der Waals surface area contributed by atoms with Gasteiger partial charge in [-0.25, -0.2) is 4.79 Å². The topological polar surface area (TPSA) is 70.6 Å². The summed E-state index contributed by atoms with van der Waals surface area (Å²) >= 11 is 1.36. The first-order valence-electron chi connectivity index (χ1n) is 9.39. The van der Waals surface area contributed by atoms with Crippen LogP contribution in [0.4, 0.5) is 9.93 Å². The minimum absolute atomic E-state index is 0.0793. The van der Waals surface area contributed by atoms with E-state index in [1.54, 1.807) is 7.11 Å². The number of rotatable bonds is 3. The first kappa shape index (κ1) is 18.2. The Labute approximate surface area is 163 Å². The Morgan fingerprint density at radius 1 is 1.26 bits per heavy atom. The van der Waals surface area contributed by atoms with Gasteiger partial charge in [0, 0.05) is 19.1 Å². The van der Waals surface area contributed by atoms with Gasteiger partial charge in [0.1, 0.15) is 5.75 Å². The third kappa shape index (κ3) is 3.77. The zero-order valence-corrected chi connectivity index (χ0v) is 16.5. The van der Waals surface area contributed by atoms with Crippen molar-refractivity contribution < 1.29 is 9.53 Å². The number of hydrogen-bond donors (Lipinski definition) is 1. The Morgan fingerprint density at radius 2 is 2.11 bits per heavy atom. The summed E-state index contributed by atoms with van der Waals surface area (Å²) in [6, 6.07) is 8.21. The lowest BCUT2D eigenvalue weighted by Gasteiger charge is -2.45. The standard InChI is InChI=1S/C19H25N5O2S/c1-23-10-5-6-13-12-24(11-9-15(13)23)19(25)20-18-22-21-17(27-18)14-7-3-4-8-16(14)26-2/h3-4,7-8,13,15H,5-6,9-12H2,1-2H3,(H,20,22,25). The molecule has 0 aliphatic carbocycles. The summed E-state index contributed by atoms with van der Waals surface area (Å²) in [5, 5.41) is 12.5. The number of fused-ring (bicyclic) bond motifs is 1. The molecule has 144 valence electrons. The molecule has 2 saturated heterocycles. The number of nitrogens with zero attached hydrogens (tertiary/aromatic N) is 4. The van der Waals surface area contributed by atoms with Crippen LogP contribution in [0, 0.1) is 5.92 Å². The van der Waals surface area contributed by atoms with Crippen molar-refractivity contribution in [2.75, 3.05) is 39.1 Å². The first-order chi connectivity index (χ1) is 13.2. The molecule has 0 radical (unpaired) electrons. The highest BCUT2D eigenvalue weighted by molar-refractivity contribution is 7.18. The van der Waals surface area contributed by atoms with Gasteiger partial charge in [0.15, 0.2) is 5.01 Å². The van der Waals surface area contributed by atoms with Gasteiger partial charge in [-0.15, -0.1) is 10.2 Å². The second kappa shape index (κ2) is 7.82. The summed E-state index contributed by atoms with van der Waals surface area (Å²) in [5.41, 5.74) is 0.879. The lowest BCUT2D eigenvalue weighted by molar-refractivity contribution is 0.0542. The average molecular weight is 388 g/mol. The molecule has 2 aliphatic rings. The lowest BCUT2D eigenvalue weighted by atomic mass is 9.84. The van der Waals surface area contributed by atoms with Crippen molar-refractivity contribution in [2.24, 2.45) is 5.92 Å². The Hall–Kier alpha value is -2.19. The van der Waals surface area contributed by atoms with Crippen LogP contribution in [0.1, 0.15) is 19.3 Å². The number of methoxy groups -OCH3 is 1. The second-order valence-corrected chi connectivity index (χ2v) is 8.21. The number of ether oxygens (including phenoxy) is 1. The predicted molar refractivity (Wildman–Crippen MR) is 106 cm³/mol. The number of carbonyl (C=O) groups excluding carboxylic acids is 1. The van der Waals surface area contributed by atoms with E-state index in [2.05, 4.69) is 27.5 Å². The molecule has 8 heteroatoms. The third-order valence-electron chi connectivity index (χ3n) is 5.61. The van der Waals surface area contributed by atoms with Crippen LogP contribution in [0.25, 0.3) is 10.6 Å². The molecule has 7 nitrogen and oxygen atoms in total. The Bertz CT molecular complexity index is 811. The van der Waals surface area contributed by atoms with Crippen molar-refractivity contribution in [3.05, 3.63) is 24.3 Å². The summed E-state index contributed by atoms with van der Waals surface area (Å²) < 4.78 is 5.38. The Kier molecular flexibility index (Phi) is 5.27. The second-order valence-electron chi connectivity index (χ2n) is 7.23. The Balaban J connectivity index is 1.41. The first-order valence-corrected chi connectivity index (χ1v) is 10.2. The van der Waals surface area contributed by atoms with Crippen LogP contribution >= 0.6 is 11.3 Å². The molecule has 2 atom stereocenters. The van der Waals surface area contributed by atoms with E-state index in [-0.39, 0.29) is 6.03 Å². The van der Waals surface area contributed by atoms with E-state index in [1.807, 2.05) is 29.2 Å². The summed E-state index contributed by atoms with van der Waals surface area (Å²) in [5.74, 6) is 1.32. The predicted octanol–water partition coefficient (Wildman–Crippen LogP) is 3.16. The number of aromatic nitrogens is 2. The molecule has 0 spiro atoms. The van der Waals surface area contributed by atoms with Gasteiger partial charge in [-0.1, -0.05) is 23.5 Å². The maximum absolute atomic E-state index is 12.7. The molecular formula is C19H25N5O2S. The van der Waals surface area contributed by atoms with Crippen LogP contribution < -0.4 is 10.1 Å². The highest BCUT2D eigenvalue weighted by Gasteiger charge is 2.35. The number of benzene rings is 1. The van der Waals surface area contributed by atoms with Crippen molar-refractivity contribution >= 4 is 22.5 Å². The molecule has 1 aromatic heterocycles. The fourth-order valence-electron chi connectivity index (χ4n) is 4.21. The number of urea groups is 1. The number of anilines is 1. The van der Waals surface area contributed by atoms with Crippen LogP contribution in [0.2, 0.25) is 0 Å². The van der Waals surface area contributed by atoms with Crippen LogP contribution in [0.3, 0.4) is 0 Å². The van der Waals surface area contributed by atoms with Gasteiger partial charge in [-0.2, -0.15) is 0 Å². The van der Waals surface area contributed by atoms with Crippen LogP contribution in [-0.4, -0.2) is 65.9 Å². The van der Waals surface area contributed by atoms with Gasteiger partial charge in [0.05, 0.1) is 12.7 Å². The molecular weight excluding hydrogens is 362 g/mol. The summed E-state index contributed by atoms with van der Waals surface area (Å²) in [6.45, 7) is 2.78. The molecule has 4 rings (SSSR count). The minimum atomic E-state index is -0.0793. The number of nitrogens with one attached hydrogen (secondary N) is 1. The zero-order valence-electron chi connectivity index (χ0n) is 15.7. The number of piperidine rings is 2. The van der Waals surface area contributed by atoms with E-state index in [4.69, 9.17) is 4.74 Å². The fraction of sp³-hybridized carbons (Fsp3) is 0.526. The monoisotopic (exact) mass is 387 g/mol. The number of hydrogen-bond acceptors (Lipinski definition) is 6. The normalized spacial score (nSPS) is 23.0. The van der Waals surface area contributed by atoms with Crippen molar-refractivity contribution in [2.45, 2.75) is 25.3 Å². The minimum Gasteiger partial charge on any atom is -0.496 e. The zero-order chi connectivity index (χ0) is 18.8. The summed E-state index contributed by atoms with van der Waals surface area (Å²) in [7, 11) is 3.84. The molecule has 2 fully saturated rings. The van der Waals surface area contributed by atoms with Crippen molar-refractivity contribution in [1.82, 2.24) is 20.0 Å². The van der Waals surface area contributed by atoms with Crippen LogP contribution in [-0.2, 0) is 0 Å². The maximum Gasteiger partial charge on any atom is 0.323 e. The van der Waals surface area contributed by atoms with E-state index in [0.717, 1.165) is 35.8 Å². The smallest absolute Gasteiger partial charge is 0.323 e. The molecule has 2 unspecified atom stereocenters. The molecule has 3 heterocycles. The molecule has 2 amide bonds. The molecule has 0 saturated carbocycles. The number of amides is 2. The van der Waals surface area contributed by atoms with Gasteiger partial charge < -0.3 is 14.5 Å². The molecule has 27 heavy (non-hydrogen) atoms. The van der Waals surface area contributed by atoms with Gasteiger partial charge in [0.2, 0.25) is 5.13 Å². The lowest BCUT2D eigenvalue weighted by Crippen LogP contribution is -2.54. The Morgan fingerprint density at radius 3 is 2.96 bits per heavy atom. The highest BCUT2D eigenvalue weighted by atomic mass is 32.1. The summed E-state index contributed by atoms with van der Waals surface area (Å²) in [6.07, 6.45) is 3.46. The van der Waals surface area contributed by atoms with Gasteiger partial charge in [-0.3, -0.25) is 5.32 Å². The molecule has 1 aromatic carbocycles. The summed E-state index contributed by atoms with van der Waals surface area (Å²) in [4.78, 5) is 17.1. The van der Waals surface area contributed by atoms with E-state index < -0.39 is 0 Å². The van der Waals surface area contributed by atoms with Gasteiger partial charge in [-0.05, 0) is 50.9 Å². The van der Waals surface area contributed by atoms with Crippen LogP contribution in [0.15, 0.2) is 24.3 Å². The van der Waals surface area contributed by atoms with Crippen molar-refractivity contribution in [1.29, 1.82) is 0 Å². The van der Waals surface area contributed by atoms with E-state index in [1.165, 1.54) is 30.7 Å². The molecule has 2 aromatic rings. The number of para-hydroxylation sites is 1. The van der Waals surface area contributed by atoms with Gasteiger partial charge in [0.25, 0.3) is 0 Å². The number of likely N-dealkylation sites (tertiary alicyclic amines) is 2. The quantitative estimate of drug-likeness (QED) is 0.876. The van der Waals surface area contributed by atoms with E-state index in [9.17, 15) is 4.79 Å². The fourth-order valence-corrected chi connectivity index (χ4v) is 4.97. The van der Waals surface area contributed by atoms with E-state index >= 15 is 0 Å².